The first-order valence-electron chi connectivity index (χ1n) is 7.82. The Kier molecular flexibility index (Phi) is 2.62. The van der Waals surface area contributed by atoms with Gasteiger partial charge in [-0.25, -0.2) is 0 Å². The molecule has 1 aliphatic heterocycles. The number of aryl methyl sites for hydroxylation is 2. The summed E-state index contributed by atoms with van der Waals surface area (Å²) in [5.41, 5.74) is 4.98. The van der Waals surface area contributed by atoms with Gasteiger partial charge in [0.05, 0.1) is 5.69 Å². The third kappa shape index (κ3) is 1.79. The van der Waals surface area contributed by atoms with E-state index < -0.39 is 0 Å². The third-order valence-corrected chi connectivity index (χ3v) is 5.83. The van der Waals surface area contributed by atoms with Crippen LogP contribution in [0.5, 0.6) is 0 Å². The van der Waals surface area contributed by atoms with Crippen LogP contribution in [-0.4, -0.2) is 4.98 Å². The second-order valence-electron chi connectivity index (χ2n) is 6.22. The van der Waals surface area contributed by atoms with Gasteiger partial charge in [0.1, 0.15) is 0 Å². The van der Waals surface area contributed by atoms with Crippen molar-refractivity contribution in [2.45, 2.75) is 23.6 Å². The largest absolute Gasteiger partial charge is 0.255 e. The van der Waals surface area contributed by atoms with E-state index >= 15 is 0 Å². The number of pyridine rings is 1. The summed E-state index contributed by atoms with van der Waals surface area (Å²) in [7, 11) is 0. The van der Waals surface area contributed by atoms with Crippen LogP contribution in [0.1, 0.15) is 11.1 Å². The molecule has 0 saturated carbocycles. The Hall–Kier alpha value is -2.32. The van der Waals surface area contributed by atoms with Crippen molar-refractivity contribution in [3.05, 3.63) is 65.9 Å². The molecule has 0 amide bonds. The molecule has 0 bridgehead atoms. The molecule has 110 valence electrons. The summed E-state index contributed by atoms with van der Waals surface area (Å²) < 4.78 is 0. The van der Waals surface area contributed by atoms with Gasteiger partial charge in [0.2, 0.25) is 0 Å². The van der Waals surface area contributed by atoms with Gasteiger partial charge in [-0.05, 0) is 59.3 Å². The lowest BCUT2D eigenvalue weighted by Gasteiger charge is -2.22. The molecule has 0 radical (unpaired) electrons. The van der Waals surface area contributed by atoms with Crippen molar-refractivity contribution in [2.75, 3.05) is 0 Å². The highest BCUT2D eigenvalue weighted by Gasteiger charge is 2.22. The number of hydrogen-bond acceptors (Lipinski definition) is 2. The average Bonchev–Trinajstić information content (AvgIpc) is 2.57. The summed E-state index contributed by atoms with van der Waals surface area (Å²) in [5.74, 6) is 0. The minimum Gasteiger partial charge on any atom is -0.255 e. The van der Waals surface area contributed by atoms with E-state index in [-0.39, 0.29) is 0 Å². The molecular formula is C21H15NS. The van der Waals surface area contributed by atoms with Gasteiger partial charge >= 0.3 is 0 Å². The number of nitrogens with zero attached hydrogens (tertiary/aromatic N) is 1. The van der Waals surface area contributed by atoms with Gasteiger partial charge in [-0.2, -0.15) is 0 Å². The SMILES string of the molecule is Cc1ccc2c3c(ncc(C)c13)-c1cc3ccccc3cc1S2. The van der Waals surface area contributed by atoms with E-state index in [0.717, 1.165) is 5.69 Å². The third-order valence-electron chi connectivity index (χ3n) is 4.72. The van der Waals surface area contributed by atoms with Gasteiger partial charge in [0.15, 0.2) is 0 Å². The molecule has 0 aliphatic carbocycles. The molecule has 0 N–H and O–H groups in total. The fraction of sp³-hybridized carbons (Fsp3) is 0.0952. The first kappa shape index (κ1) is 13.1. The summed E-state index contributed by atoms with van der Waals surface area (Å²) >= 11 is 1.87. The van der Waals surface area contributed by atoms with Crippen LogP contribution >= 0.6 is 11.8 Å². The molecule has 23 heavy (non-hydrogen) atoms. The van der Waals surface area contributed by atoms with Crippen molar-refractivity contribution in [1.29, 1.82) is 0 Å². The molecule has 2 heterocycles. The van der Waals surface area contributed by atoms with Crippen molar-refractivity contribution >= 4 is 33.3 Å². The van der Waals surface area contributed by atoms with Crippen LogP contribution in [0, 0.1) is 13.8 Å². The van der Waals surface area contributed by atoms with Gasteiger partial charge in [0.25, 0.3) is 0 Å². The molecule has 0 fully saturated rings. The summed E-state index contributed by atoms with van der Waals surface area (Å²) in [4.78, 5) is 7.44. The Bertz CT molecular complexity index is 1100. The molecule has 0 spiro atoms. The lowest BCUT2D eigenvalue weighted by Crippen LogP contribution is -1.98. The standard InChI is InChI=1S/C21H15NS/c1-12-7-8-17-20-19(12)13(2)11-22-21(20)16-9-14-5-3-4-6-15(14)10-18(16)23-17/h3-11H,1-2H3. The maximum atomic E-state index is 4.81. The van der Waals surface area contributed by atoms with E-state index in [4.69, 9.17) is 4.98 Å². The van der Waals surface area contributed by atoms with Crippen LogP contribution in [0.3, 0.4) is 0 Å². The van der Waals surface area contributed by atoms with Crippen molar-refractivity contribution in [3.63, 3.8) is 0 Å². The molecule has 2 heteroatoms. The number of aromatic nitrogens is 1. The second-order valence-corrected chi connectivity index (χ2v) is 7.30. The second kappa shape index (κ2) is 4.59. The Morgan fingerprint density at radius 2 is 1.57 bits per heavy atom. The molecule has 4 aromatic rings. The predicted molar refractivity (Wildman–Crippen MR) is 98.3 cm³/mol. The zero-order valence-electron chi connectivity index (χ0n) is 13.1. The van der Waals surface area contributed by atoms with E-state index in [1.165, 1.54) is 48.0 Å². The highest BCUT2D eigenvalue weighted by atomic mass is 32.2. The molecule has 1 aliphatic rings. The van der Waals surface area contributed by atoms with Gasteiger partial charge in [-0.1, -0.05) is 42.1 Å². The molecular weight excluding hydrogens is 298 g/mol. The lowest BCUT2D eigenvalue weighted by atomic mass is 9.96. The van der Waals surface area contributed by atoms with Crippen LogP contribution in [-0.2, 0) is 0 Å². The van der Waals surface area contributed by atoms with Crippen LogP contribution in [0.4, 0.5) is 0 Å². The van der Waals surface area contributed by atoms with Crippen LogP contribution < -0.4 is 0 Å². The number of rotatable bonds is 0. The van der Waals surface area contributed by atoms with Crippen LogP contribution in [0.25, 0.3) is 32.8 Å². The topological polar surface area (TPSA) is 12.9 Å². The predicted octanol–water partition coefficient (Wildman–Crippen LogP) is 6.14. The number of benzene rings is 3. The fourth-order valence-electron chi connectivity index (χ4n) is 3.62. The van der Waals surface area contributed by atoms with Gasteiger partial charge < -0.3 is 0 Å². The zero-order chi connectivity index (χ0) is 15.6. The summed E-state index contributed by atoms with van der Waals surface area (Å²) in [6.45, 7) is 4.35. The summed E-state index contributed by atoms with van der Waals surface area (Å²) in [5, 5.41) is 5.24. The van der Waals surface area contributed by atoms with Gasteiger partial charge in [0, 0.05) is 26.9 Å². The molecule has 0 unspecified atom stereocenters. The average molecular weight is 313 g/mol. The van der Waals surface area contributed by atoms with Gasteiger partial charge in [-0.3, -0.25) is 4.98 Å². The summed E-state index contributed by atoms with van der Waals surface area (Å²) in [6.07, 6.45) is 2.02. The molecule has 0 atom stereocenters. The maximum Gasteiger partial charge on any atom is 0.0803 e. The highest BCUT2D eigenvalue weighted by molar-refractivity contribution is 7.99. The van der Waals surface area contributed by atoms with E-state index in [0.29, 0.717) is 0 Å². The summed E-state index contributed by atoms with van der Waals surface area (Å²) in [6, 6.07) is 17.6. The monoisotopic (exact) mass is 313 g/mol. The minimum absolute atomic E-state index is 1.13. The van der Waals surface area contributed by atoms with E-state index in [1.807, 2.05) is 18.0 Å². The van der Waals surface area contributed by atoms with E-state index in [2.05, 4.69) is 62.4 Å². The van der Waals surface area contributed by atoms with Crippen LogP contribution in [0.15, 0.2) is 64.5 Å². The van der Waals surface area contributed by atoms with Gasteiger partial charge in [-0.15, -0.1) is 0 Å². The zero-order valence-corrected chi connectivity index (χ0v) is 13.9. The van der Waals surface area contributed by atoms with Crippen molar-refractivity contribution in [3.8, 4) is 11.3 Å². The molecule has 3 aromatic carbocycles. The van der Waals surface area contributed by atoms with E-state index in [9.17, 15) is 0 Å². The van der Waals surface area contributed by atoms with Crippen molar-refractivity contribution < 1.29 is 0 Å². The molecule has 1 aromatic heterocycles. The fourth-order valence-corrected chi connectivity index (χ4v) is 4.74. The maximum absolute atomic E-state index is 4.81. The number of hydrogen-bond donors (Lipinski definition) is 0. The highest BCUT2D eigenvalue weighted by Crippen LogP contribution is 2.49. The Labute approximate surface area is 139 Å². The lowest BCUT2D eigenvalue weighted by molar-refractivity contribution is 1.25. The Morgan fingerprint density at radius 3 is 2.39 bits per heavy atom. The smallest absolute Gasteiger partial charge is 0.0803 e. The van der Waals surface area contributed by atoms with E-state index in [1.54, 1.807) is 0 Å². The quantitative estimate of drug-likeness (QED) is 0.341. The minimum atomic E-state index is 1.13. The first-order valence-corrected chi connectivity index (χ1v) is 8.64. The normalized spacial score (nSPS) is 12.6. The molecule has 5 rings (SSSR count). The van der Waals surface area contributed by atoms with Crippen molar-refractivity contribution in [2.24, 2.45) is 0 Å². The van der Waals surface area contributed by atoms with Crippen molar-refractivity contribution in [1.82, 2.24) is 4.98 Å². The number of fused-ring (bicyclic) bond motifs is 3. The molecule has 0 saturated heterocycles. The first-order chi connectivity index (χ1) is 11.2. The van der Waals surface area contributed by atoms with Crippen LogP contribution in [0.2, 0.25) is 0 Å². The Balaban J connectivity index is 1.95. The Morgan fingerprint density at radius 1 is 0.783 bits per heavy atom. The molecule has 1 nitrogen and oxygen atoms in total.